The van der Waals surface area contributed by atoms with E-state index < -0.39 is 0 Å². The maximum atomic E-state index is 14.7. The number of nitrogens with one attached hydrogen (secondary N) is 1. The summed E-state index contributed by atoms with van der Waals surface area (Å²) in [5, 5.41) is 4.71. The first kappa shape index (κ1) is 22.6. The summed E-state index contributed by atoms with van der Waals surface area (Å²) in [6, 6.07) is 20.9. The van der Waals surface area contributed by atoms with Gasteiger partial charge >= 0.3 is 0 Å². The second kappa shape index (κ2) is 9.64. The largest absolute Gasteiger partial charge is 0.369 e. The van der Waals surface area contributed by atoms with Crippen LogP contribution in [0.15, 0.2) is 85.3 Å². The third-order valence-electron chi connectivity index (χ3n) is 6.52. The molecule has 7 heteroatoms. The summed E-state index contributed by atoms with van der Waals surface area (Å²) in [4.78, 5) is 16.0. The fourth-order valence-corrected chi connectivity index (χ4v) is 4.83. The Bertz CT molecular complexity index is 1550. The number of hydrogen-bond donors (Lipinski definition) is 1. The number of benzene rings is 2. The molecule has 0 amide bonds. The van der Waals surface area contributed by atoms with Crippen molar-refractivity contribution < 1.29 is 4.39 Å². The quantitative estimate of drug-likeness (QED) is 0.320. The summed E-state index contributed by atoms with van der Waals surface area (Å²) in [6.45, 7) is 4.03. The third-order valence-corrected chi connectivity index (χ3v) is 6.76. The van der Waals surface area contributed by atoms with Gasteiger partial charge in [0.25, 0.3) is 0 Å². The SMILES string of the molecule is Fc1ccc(Cl)cc1-c1cc(-c2cncc(-c3ccc(N4CCNCC4)cc3)c2)c2cccnc2n1. The second-order valence-corrected chi connectivity index (χ2v) is 9.24. The van der Waals surface area contributed by atoms with Crippen molar-refractivity contribution in [1.82, 2.24) is 20.3 Å². The van der Waals surface area contributed by atoms with Gasteiger partial charge < -0.3 is 10.2 Å². The van der Waals surface area contributed by atoms with Crippen LogP contribution >= 0.6 is 11.6 Å². The van der Waals surface area contributed by atoms with Crippen molar-refractivity contribution >= 4 is 28.3 Å². The van der Waals surface area contributed by atoms with Gasteiger partial charge in [-0.3, -0.25) is 4.98 Å². The molecular formula is C29H23ClFN5. The first-order valence-corrected chi connectivity index (χ1v) is 12.3. The van der Waals surface area contributed by atoms with E-state index in [4.69, 9.17) is 11.6 Å². The average Bonchev–Trinajstić information content (AvgIpc) is 2.94. The van der Waals surface area contributed by atoms with Crippen molar-refractivity contribution in [2.75, 3.05) is 31.1 Å². The van der Waals surface area contributed by atoms with Gasteiger partial charge in [0, 0.05) is 77.6 Å². The zero-order valence-electron chi connectivity index (χ0n) is 19.5. The Balaban J connectivity index is 1.42. The molecule has 0 spiro atoms. The van der Waals surface area contributed by atoms with Crippen molar-refractivity contribution in [3.8, 4) is 33.5 Å². The van der Waals surface area contributed by atoms with Crippen LogP contribution < -0.4 is 10.2 Å². The molecule has 0 atom stereocenters. The second-order valence-electron chi connectivity index (χ2n) is 8.80. The van der Waals surface area contributed by atoms with Gasteiger partial charge in [0.1, 0.15) is 5.82 Å². The lowest BCUT2D eigenvalue weighted by molar-refractivity contribution is 0.589. The molecule has 5 nitrogen and oxygen atoms in total. The molecule has 0 radical (unpaired) electrons. The molecule has 4 heterocycles. The first-order chi connectivity index (χ1) is 17.7. The molecular weight excluding hydrogens is 473 g/mol. The zero-order chi connectivity index (χ0) is 24.5. The Morgan fingerprint density at radius 2 is 1.64 bits per heavy atom. The molecule has 1 aliphatic rings. The normalized spacial score (nSPS) is 13.8. The molecule has 0 bridgehead atoms. The molecule has 178 valence electrons. The van der Waals surface area contributed by atoms with E-state index in [1.54, 1.807) is 12.3 Å². The van der Waals surface area contributed by atoms with E-state index in [1.165, 1.54) is 17.8 Å². The number of pyridine rings is 3. The van der Waals surface area contributed by atoms with E-state index in [0.29, 0.717) is 21.9 Å². The minimum absolute atomic E-state index is 0.337. The van der Waals surface area contributed by atoms with Crippen LogP contribution in [0.2, 0.25) is 5.02 Å². The maximum Gasteiger partial charge on any atom is 0.160 e. The molecule has 1 aliphatic heterocycles. The van der Waals surface area contributed by atoms with E-state index in [9.17, 15) is 4.39 Å². The predicted molar refractivity (Wildman–Crippen MR) is 144 cm³/mol. The molecule has 3 aromatic heterocycles. The average molecular weight is 496 g/mol. The molecule has 1 fully saturated rings. The summed E-state index contributed by atoms with van der Waals surface area (Å²) in [5.41, 5.74) is 6.45. The summed E-state index contributed by atoms with van der Waals surface area (Å²) in [5.74, 6) is -0.385. The molecule has 5 aromatic rings. The van der Waals surface area contributed by atoms with Crippen LogP contribution in [-0.4, -0.2) is 41.1 Å². The number of piperazine rings is 1. The lowest BCUT2D eigenvalue weighted by Crippen LogP contribution is -2.43. The lowest BCUT2D eigenvalue weighted by atomic mass is 9.98. The van der Waals surface area contributed by atoms with E-state index in [1.807, 2.05) is 30.6 Å². The highest BCUT2D eigenvalue weighted by molar-refractivity contribution is 6.30. The molecule has 1 N–H and O–H groups in total. The minimum atomic E-state index is -0.385. The highest BCUT2D eigenvalue weighted by Gasteiger charge is 2.15. The van der Waals surface area contributed by atoms with E-state index >= 15 is 0 Å². The molecule has 1 saturated heterocycles. The minimum Gasteiger partial charge on any atom is -0.369 e. The predicted octanol–water partition coefficient (Wildman–Crippen LogP) is 6.23. The summed E-state index contributed by atoms with van der Waals surface area (Å²) >= 11 is 6.16. The van der Waals surface area contributed by atoms with Crippen molar-refractivity contribution in [1.29, 1.82) is 0 Å². The van der Waals surface area contributed by atoms with E-state index in [-0.39, 0.29) is 5.82 Å². The van der Waals surface area contributed by atoms with Gasteiger partial charge in [-0.2, -0.15) is 0 Å². The Morgan fingerprint density at radius 1 is 0.833 bits per heavy atom. The number of fused-ring (bicyclic) bond motifs is 1. The molecule has 2 aromatic carbocycles. The number of aromatic nitrogens is 3. The Kier molecular flexibility index (Phi) is 6.05. The van der Waals surface area contributed by atoms with Crippen molar-refractivity contribution in [2.45, 2.75) is 0 Å². The van der Waals surface area contributed by atoms with Crippen LogP contribution in [0.1, 0.15) is 0 Å². The summed E-state index contributed by atoms with van der Waals surface area (Å²) in [6.07, 6.45) is 5.37. The van der Waals surface area contributed by atoms with Gasteiger partial charge in [-0.15, -0.1) is 0 Å². The monoisotopic (exact) mass is 495 g/mol. The van der Waals surface area contributed by atoms with Crippen LogP contribution in [0, 0.1) is 5.82 Å². The van der Waals surface area contributed by atoms with Gasteiger partial charge in [-0.25, -0.2) is 14.4 Å². The number of hydrogen-bond acceptors (Lipinski definition) is 5. The Hall–Kier alpha value is -3.87. The summed E-state index contributed by atoms with van der Waals surface area (Å²) < 4.78 is 14.7. The lowest BCUT2D eigenvalue weighted by Gasteiger charge is -2.29. The van der Waals surface area contributed by atoms with Crippen molar-refractivity contribution in [2.24, 2.45) is 0 Å². The first-order valence-electron chi connectivity index (χ1n) is 11.9. The number of nitrogens with zero attached hydrogens (tertiary/aromatic N) is 4. The van der Waals surface area contributed by atoms with E-state index in [0.717, 1.165) is 53.8 Å². The fourth-order valence-electron chi connectivity index (χ4n) is 4.66. The van der Waals surface area contributed by atoms with Gasteiger partial charge in [0.15, 0.2) is 5.65 Å². The van der Waals surface area contributed by atoms with Crippen molar-refractivity contribution in [3.05, 3.63) is 96.2 Å². The number of rotatable bonds is 4. The molecule has 36 heavy (non-hydrogen) atoms. The van der Waals surface area contributed by atoms with Crippen LogP contribution in [-0.2, 0) is 0 Å². The molecule has 0 aliphatic carbocycles. The van der Waals surface area contributed by atoms with Gasteiger partial charge in [-0.05, 0) is 65.7 Å². The fraction of sp³-hybridized carbons (Fsp3) is 0.138. The van der Waals surface area contributed by atoms with Crippen molar-refractivity contribution in [3.63, 3.8) is 0 Å². The van der Waals surface area contributed by atoms with Crippen LogP contribution in [0.25, 0.3) is 44.5 Å². The Labute approximate surface area is 213 Å². The topological polar surface area (TPSA) is 53.9 Å². The summed E-state index contributed by atoms with van der Waals surface area (Å²) in [7, 11) is 0. The molecule has 0 unspecified atom stereocenters. The molecule has 0 saturated carbocycles. The number of anilines is 1. The van der Waals surface area contributed by atoms with Crippen LogP contribution in [0.5, 0.6) is 0 Å². The zero-order valence-corrected chi connectivity index (χ0v) is 20.2. The Morgan fingerprint density at radius 3 is 2.47 bits per heavy atom. The highest BCUT2D eigenvalue weighted by Crippen LogP contribution is 2.34. The smallest absolute Gasteiger partial charge is 0.160 e. The third kappa shape index (κ3) is 4.41. The van der Waals surface area contributed by atoms with Gasteiger partial charge in [0.05, 0.1) is 5.69 Å². The van der Waals surface area contributed by atoms with Crippen LogP contribution in [0.4, 0.5) is 10.1 Å². The van der Waals surface area contributed by atoms with Gasteiger partial charge in [0.2, 0.25) is 0 Å². The van der Waals surface area contributed by atoms with E-state index in [2.05, 4.69) is 55.5 Å². The standard InChI is InChI=1S/C29H23ClFN5/c30-22-5-8-27(31)26(15-22)28-16-25(24-2-1-9-34-29(24)35-28)21-14-20(17-33-18-21)19-3-6-23(7-4-19)36-12-10-32-11-13-36/h1-9,14-18,32H,10-13H2. The van der Waals surface area contributed by atoms with Gasteiger partial charge in [-0.1, -0.05) is 23.7 Å². The number of halogens is 2. The molecule has 6 rings (SSSR count). The van der Waals surface area contributed by atoms with Crippen LogP contribution in [0.3, 0.4) is 0 Å². The highest BCUT2D eigenvalue weighted by atomic mass is 35.5. The maximum absolute atomic E-state index is 14.7.